The van der Waals surface area contributed by atoms with Crippen molar-refractivity contribution in [1.29, 1.82) is 0 Å². The van der Waals surface area contributed by atoms with Crippen LogP contribution in [0.15, 0.2) is 30.3 Å². The highest BCUT2D eigenvalue weighted by Gasteiger charge is 2.48. The highest BCUT2D eigenvalue weighted by Crippen LogP contribution is 2.31. The number of esters is 1. The Kier molecular flexibility index (Phi) is 6.82. The van der Waals surface area contributed by atoms with Crippen LogP contribution in [0.4, 0.5) is 4.79 Å². The standard InChI is InChI=1S/C20H28N2O5/c1-14(2)16(21-19(25)27-13-15-9-6-5-7-10-15)17(23)22-12-8-11-20(22,3)18(24)26-4/h5-7,9-10,14,16H,8,11-13H2,1-4H3,(H,21,25)/t16-,20-/m0/s1. The van der Waals surface area contributed by atoms with Crippen molar-refractivity contribution in [3.05, 3.63) is 35.9 Å². The number of methoxy groups -OCH3 is 1. The van der Waals surface area contributed by atoms with E-state index in [1.807, 2.05) is 44.2 Å². The van der Waals surface area contributed by atoms with Gasteiger partial charge < -0.3 is 19.7 Å². The summed E-state index contributed by atoms with van der Waals surface area (Å²) in [6.07, 6.45) is 0.583. The van der Waals surface area contributed by atoms with E-state index < -0.39 is 23.6 Å². The Labute approximate surface area is 160 Å². The second-order valence-corrected chi connectivity index (χ2v) is 7.29. The van der Waals surface area contributed by atoms with Crippen LogP contribution < -0.4 is 5.32 Å². The summed E-state index contributed by atoms with van der Waals surface area (Å²) in [5, 5.41) is 2.65. The first kappa shape index (κ1) is 20.7. The molecule has 1 aliphatic heterocycles. The topological polar surface area (TPSA) is 84.9 Å². The number of ether oxygens (including phenoxy) is 2. The number of likely N-dealkylation sites (tertiary alicyclic amines) is 1. The van der Waals surface area contributed by atoms with Gasteiger partial charge in [-0.2, -0.15) is 0 Å². The summed E-state index contributed by atoms with van der Waals surface area (Å²) < 4.78 is 10.1. The molecule has 2 rings (SSSR count). The molecule has 1 saturated heterocycles. The average Bonchev–Trinajstić information content (AvgIpc) is 3.06. The number of carbonyl (C=O) groups excluding carboxylic acids is 3. The number of carbonyl (C=O) groups is 3. The van der Waals surface area contributed by atoms with Crippen molar-refractivity contribution in [3.63, 3.8) is 0 Å². The Morgan fingerprint density at radius 2 is 1.89 bits per heavy atom. The number of amides is 2. The monoisotopic (exact) mass is 376 g/mol. The van der Waals surface area contributed by atoms with E-state index in [1.165, 1.54) is 12.0 Å². The maximum absolute atomic E-state index is 13.1. The summed E-state index contributed by atoms with van der Waals surface area (Å²) in [4.78, 5) is 39.0. The van der Waals surface area contributed by atoms with Crippen LogP contribution in [0, 0.1) is 5.92 Å². The molecule has 2 atom stereocenters. The van der Waals surface area contributed by atoms with Crippen molar-refractivity contribution in [2.45, 2.75) is 51.8 Å². The van der Waals surface area contributed by atoms with E-state index in [0.29, 0.717) is 19.4 Å². The number of nitrogens with one attached hydrogen (secondary N) is 1. The fourth-order valence-electron chi connectivity index (χ4n) is 3.32. The number of hydrogen-bond donors (Lipinski definition) is 1. The average molecular weight is 376 g/mol. The molecule has 148 valence electrons. The molecule has 2 amide bonds. The molecule has 1 N–H and O–H groups in total. The van der Waals surface area contributed by atoms with Gasteiger partial charge in [0.2, 0.25) is 5.91 Å². The lowest BCUT2D eigenvalue weighted by atomic mass is 9.96. The zero-order valence-electron chi connectivity index (χ0n) is 16.4. The van der Waals surface area contributed by atoms with Gasteiger partial charge in [-0.05, 0) is 31.2 Å². The van der Waals surface area contributed by atoms with Gasteiger partial charge in [-0.25, -0.2) is 9.59 Å². The third-order valence-electron chi connectivity index (χ3n) is 4.95. The molecule has 0 aromatic heterocycles. The number of alkyl carbamates (subject to hydrolysis) is 1. The molecule has 1 aliphatic rings. The maximum Gasteiger partial charge on any atom is 0.408 e. The molecule has 0 aliphatic carbocycles. The molecule has 0 unspecified atom stereocenters. The van der Waals surface area contributed by atoms with Crippen molar-refractivity contribution in [2.24, 2.45) is 5.92 Å². The zero-order valence-corrected chi connectivity index (χ0v) is 16.4. The minimum Gasteiger partial charge on any atom is -0.467 e. The Morgan fingerprint density at radius 1 is 1.22 bits per heavy atom. The lowest BCUT2D eigenvalue weighted by Gasteiger charge is -2.36. The Bertz CT molecular complexity index is 676. The summed E-state index contributed by atoms with van der Waals surface area (Å²) in [5.41, 5.74) is -0.146. The van der Waals surface area contributed by atoms with Gasteiger partial charge in [0.25, 0.3) is 0 Å². The summed E-state index contributed by atoms with van der Waals surface area (Å²) in [5.74, 6) is -0.904. The molecule has 1 heterocycles. The number of hydrogen-bond acceptors (Lipinski definition) is 5. The van der Waals surface area contributed by atoms with Crippen molar-refractivity contribution in [1.82, 2.24) is 10.2 Å². The molecule has 1 aromatic carbocycles. The smallest absolute Gasteiger partial charge is 0.408 e. The molecular weight excluding hydrogens is 348 g/mol. The Hall–Kier alpha value is -2.57. The number of benzene rings is 1. The van der Waals surface area contributed by atoms with Crippen LogP contribution in [0.5, 0.6) is 0 Å². The molecule has 27 heavy (non-hydrogen) atoms. The van der Waals surface area contributed by atoms with E-state index in [2.05, 4.69) is 5.32 Å². The fraction of sp³-hybridized carbons (Fsp3) is 0.550. The van der Waals surface area contributed by atoms with Gasteiger partial charge in [-0.15, -0.1) is 0 Å². The lowest BCUT2D eigenvalue weighted by molar-refractivity contribution is -0.159. The van der Waals surface area contributed by atoms with Crippen LogP contribution in [-0.4, -0.2) is 48.1 Å². The molecule has 0 radical (unpaired) electrons. The Balaban J connectivity index is 2.04. The highest BCUT2D eigenvalue weighted by molar-refractivity contribution is 5.92. The SMILES string of the molecule is COC(=O)[C@]1(C)CCCN1C(=O)[C@@H](NC(=O)OCc1ccccc1)C(C)C. The van der Waals surface area contributed by atoms with E-state index in [1.54, 1.807) is 6.92 Å². The fourth-order valence-corrected chi connectivity index (χ4v) is 3.32. The Morgan fingerprint density at radius 3 is 2.48 bits per heavy atom. The van der Waals surface area contributed by atoms with Gasteiger partial charge in [0, 0.05) is 6.54 Å². The normalized spacial score (nSPS) is 20.3. The molecule has 0 saturated carbocycles. The van der Waals surface area contributed by atoms with Gasteiger partial charge >= 0.3 is 12.1 Å². The van der Waals surface area contributed by atoms with E-state index in [9.17, 15) is 14.4 Å². The highest BCUT2D eigenvalue weighted by atomic mass is 16.5. The van der Waals surface area contributed by atoms with Crippen molar-refractivity contribution in [3.8, 4) is 0 Å². The molecule has 7 nitrogen and oxygen atoms in total. The molecule has 1 fully saturated rings. The molecule has 1 aromatic rings. The van der Waals surface area contributed by atoms with E-state index in [0.717, 1.165) is 5.56 Å². The van der Waals surface area contributed by atoms with Crippen molar-refractivity contribution in [2.75, 3.05) is 13.7 Å². The zero-order chi connectivity index (χ0) is 20.0. The molecule has 0 spiro atoms. The van der Waals surface area contributed by atoms with Crippen molar-refractivity contribution < 1.29 is 23.9 Å². The summed E-state index contributed by atoms with van der Waals surface area (Å²) in [7, 11) is 1.31. The number of rotatable bonds is 6. The first-order chi connectivity index (χ1) is 12.8. The van der Waals surface area contributed by atoms with Gasteiger partial charge in [-0.3, -0.25) is 4.79 Å². The predicted octanol–water partition coefficient (Wildman–Crippen LogP) is 2.49. The van der Waals surface area contributed by atoms with E-state index >= 15 is 0 Å². The van der Waals surface area contributed by atoms with Gasteiger partial charge in [0.05, 0.1) is 7.11 Å². The lowest BCUT2D eigenvalue weighted by Crippen LogP contribution is -2.58. The predicted molar refractivity (Wildman–Crippen MR) is 99.8 cm³/mol. The second-order valence-electron chi connectivity index (χ2n) is 7.29. The van der Waals surface area contributed by atoms with Crippen LogP contribution >= 0.6 is 0 Å². The minimum atomic E-state index is -1.01. The van der Waals surface area contributed by atoms with Gasteiger partial charge in [0.15, 0.2) is 0 Å². The van der Waals surface area contributed by atoms with Crippen LogP contribution in [0.1, 0.15) is 39.2 Å². The maximum atomic E-state index is 13.1. The van der Waals surface area contributed by atoms with E-state index in [-0.39, 0.29) is 18.4 Å². The summed E-state index contributed by atoms with van der Waals surface area (Å²) >= 11 is 0. The van der Waals surface area contributed by atoms with Crippen LogP contribution in [-0.2, 0) is 25.7 Å². The van der Waals surface area contributed by atoms with Crippen LogP contribution in [0.2, 0.25) is 0 Å². The molecule has 0 bridgehead atoms. The third kappa shape index (κ3) is 4.78. The van der Waals surface area contributed by atoms with E-state index in [4.69, 9.17) is 9.47 Å². The van der Waals surface area contributed by atoms with Crippen molar-refractivity contribution >= 4 is 18.0 Å². The van der Waals surface area contributed by atoms with Crippen LogP contribution in [0.25, 0.3) is 0 Å². The first-order valence-corrected chi connectivity index (χ1v) is 9.16. The molecular formula is C20H28N2O5. The largest absolute Gasteiger partial charge is 0.467 e. The first-order valence-electron chi connectivity index (χ1n) is 9.16. The quantitative estimate of drug-likeness (QED) is 0.771. The third-order valence-corrected chi connectivity index (χ3v) is 4.95. The second kappa shape index (κ2) is 8.88. The van der Waals surface area contributed by atoms with Gasteiger partial charge in [-0.1, -0.05) is 44.2 Å². The molecule has 7 heteroatoms. The summed E-state index contributed by atoms with van der Waals surface area (Å²) in [6.45, 7) is 5.95. The van der Waals surface area contributed by atoms with Crippen LogP contribution in [0.3, 0.4) is 0 Å². The summed E-state index contributed by atoms with van der Waals surface area (Å²) in [6, 6.07) is 8.52. The van der Waals surface area contributed by atoms with Gasteiger partial charge in [0.1, 0.15) is 18.2 Å². The number of nitrogens with zero attached hydrogens (tertiary/aromatic N) is 1. The minimum absolute atomic E-state index is 0.120.